The van der Waals surface area contributed by atoms with Crippen LogP contribution in [0.3, 0.4) is 0 Å². The van der Waals surface area contributed by atoms with Gasteiger partial charge in [0.05, 0.1) is 5.01 Å². The van der Waals surface area contributed by atoms with E-state index in [2.05, 4.69) is 14.7 Å². The minimum absolute atomic E-state index is 0.269. The van der Waals surface area contributed by atoms with Gasteiger partial charge in [0, 0.05) is 24.0 Å². The van der Waals surface area contributed by atoms with Gasteiger partial charge in [-0.2, -0.15) is 9.64 Å². The first-order chi connectivity index (χ1) is 8.20. The van der Waals surface area contributed by atoms with Crippen LogP contribution in [0.25, 0.3) is 0 Å². The van der Waals surface area contributed by atoms with Crippen molar-refractivity contribution in [3.63, 3.8) is 0 Å². The van der Waals surface area contributed by atoms with Gasteiger partial charge in [0.15, 0.2) is 5.15 Å². The third-order valence-corrected chi connectivity index (χ3v) is 4.21. The van der Waals surface area contributed by atoms with Crippen molar-refractivity contribution in [1.82, 2.24) is 9.36 Å². The van der Waals surface area contributed by atoms with Gasteiger partial charge >= 0.3 is 0 Å². The van der Waals surface area contributed by atoms with Gasteiger partial charge in [0.25, 0.3) is 0 Å². The summed E-state index contributed by atoms with van der Waals surface area (Å²) in [6.07, 6.45) is 2.70. The quantitative estimate of drug-likeness (QED) is 0.937. The molecule has 0 saturated heterocycles. The Bertz CT molecular complexity index is 555. The van der Waals surface area contributed by atoms with Gasteiger partial charge in [-0.25, -0.2) is 4.98 Å². The molecule has 2 rings (SSSR count). The molecule has 2 aromatic heterocycles. The number of nitrogens with one attached hydrogen (secondary N) is 1. The third kappa shape index (κ3) is 2.94. The number of rotatable bonds is 4. The zero-order valence-electron chi connectivity index (χ0n) is 9.03. The van der Waals surface area contributed by atoms with Gasteiger partial charge < -0.3 is 5.32 Å². The highest BCUT2D eigenvalue weighted by Crippen LogP contribution is 2.27. The molecular weight excluding hydrogens is 276 g/mol. The molecule has 0 atom stereocenters. The molecule has 0 amide bonds. The first-order valence-corrected chi connectivity index (χ1v) is 6.88. The lowest BCUT2D eigenvalue weighted by Gasteiger charge is -2.00. The van der Waals surface area contributed by atoms with Gasteiger partial charge in [-0.05, 0) is 18.5 Å². The fourth-order valence-electron chi connectivity index (χ4n) is 1.29. The van der Waals surface area contributed by atoms with Crippen LogP contribution in [0.5, 0.6) is 0 Å². The molecule has 2 heterocycles. The Morgan fingerprint density at radius 2 is 2.41 bits per heavy atom. The summed E-state index contributed by atoms with van der Waals surface area (Å²) in [4.78, 5) is 5.48. The summed E-state index contributed by atoms with van der Waals surface area (Å²) in [5, 5.41) is 14.1. The highest BCUT2D eigenvalue weighted by atomic mass is 35.5. The second-order valence-corrected chi connectivity index (χ2v) is 5.78. The van der Waals surface area contributed by atoms with Crippen LogP contribution in [0, 0.1) is 18.3 Å². The Morgan fingerprint density at radius 3 is 3.06 bits per heavy atom. The number of halogens is 1. The van der Waals surface area contributed by atoms with Crippen molar-refractivity contribution < 1.29 is 0 Å². The molecule has 0 fully saturated rings. The molecule has 0 aromatic carbocycles. The van der Waals surface area contributed by atoms with Crippen molar-refractivity contribution in [2.75, 3.05) is 11.9 Å². The number of thiazole rings is 1. The monoisotopic (exact) mass is 284 g/mol. The molecule has 0 aliphatic heterocycles. The van der Waals surface area contributed by atoms with Crippen molar-refractivity contribution in [3.8, 4) is 6.07 Å². The van der Waals surface area contributed by atoms with Crippen molar-refractivity contribution >= 4 is 39.5 Å². The van der Waals surface area contributed by atoms with Gasteiger partial charge in [0.1, 0.15) is 16.6 Å². The summed E-state index contributed by atoms with van der Waals surface area (Å²) in [5.41, 5.74) is 0.423. The van der Waals surface area contributed by atoms with E-state index in [1.165, 1.54) is 16.4 Å². The fraction of sp³-hybridized carbons (Fsp3) is 0.300. The highest BCUT2D eigenvalue weighted by molar-refractivity contribution is 7.11. The van der Waals surface area contributed by atoms with E-state index in [1.807, 2.05) is 19.2 Å². The van der Waals surface area contributed by atoms with Gasteiger partial charge in [-0.15, -0.1) is 11.3 Å². The van der Waals surface area contributed by atoms with Gasteiger partial charge in [-0.1, -0.05) is 11.6 Å². The van der Waals surface area contributed by atoms with Gasteiger partial charge in [0.2, 0.25) is 0 Å². The fourth-order valence-corrected chi connectivity index (χ4v) is 3.03. The summed E-state index contributed by atoms with van der Waals surface area (Å²) < 4.78 is 3.93. The second-order valence-electron chi connectivity index (χ2n) is 3.33. The third-order valence-electron chi connectivity index (χ3n) is 2.06. The molecule has 7 heteroatoms. The summed E-state index contributed by atoms with van der Waals surface area (Å²) in [6.45, 7) is 2.76. The molecule has 0 aliphatic rings. The molecular formula is C10H9ClN4S2. The number of nitriles is 1. The lowest BCUT2D eigenvalue weighted by Crippen LogP contribution is -2.04. The van der Waals surface area contributed by atoms with Crippen LogP contribution in [0.2, 0.25) is 5.15 Å². The second kappa shape index (κ2) is 5.45. The van der Waals surface area contributed by atoms with E-state index in [0.717, 1.165) is 23.0 Å². The van der Waals surface area contributed by atoms with Crippen LogP contribution in [0.15, 0.2) is 6.20 Å². The number of nitrogens with zero attached hydrogens (tertiary/aromatic N) is 3. The van der Waals surface area contributed by atoms with E-state index >= 15 is 0 Å². The Hall–Kier alpha value is -1.16. The minimum Gasteiger partial charge on any atom is -0.374 e. The van der Waals surface area contributed by atoms with Crippen LogP contribution in [-0.4, -0.2) is 15.9 Å². The first kappa shape index (κ1) is 12.3. The zero-order chi connectivity index (χ0) is 12.3. The lowest BCUT2D eigenvalue weighted by molar-refractivity contribution is 1.00. The van der Waals surface area contributed by atoms with Crippen LogP contribution in [-0.2, 0) is 6.42 Å². The number of hydrogen-bond donors (Lipinski definition) is 1. The molecule has 2 aromatic rings. The number of aryl methyl sites for hydroxylation is 1. The van der Waals surface area contributed by atoms with E-state index in [1.54, 1.807) is 11.3 Å². The van der Waals surface area contributed by atoms with Crippen LogP contribution < -0.4 is 5.32 Å². The Balaban J connectivity index is 1.92. The van der Waals surface area contributed by atoms with E-state index in [0.29, 0.717) is 5.56 Å². The Labute approximate surface area is 112 Å². The maximum atomic E-state index is 8.89. The molecule has 0 radical (unpaired) electrons. The summed E-state index contributed by atoms with van der Waals surface area (Å²) in [7, 11) is 0. The van der Waals surface area contributed by atoms with Crippen molar-refractivity contribution in [2.45, 2.75) is 13.3 Å². The smallest absolute Gasteiger partial charge is 0.162 e. The van der Waals surface area contributed by atoms with Gasteiger partial charge in [-0.3, -0.25) is 0 Å². The SMILES string of the molecule is Cc1cnc(CCNc2snc(Cl)c2C#N)s1. The van der Waals surface area contributed by atoms with E-state index in [-0.39, 0.29) is 5.15 Å². The normalized spacial score (nSPS) is 10.2. The number of aromatic nitrogens is 2. The van der Waals surface area contributed by atoms with Crippen molar-refractivity contribution in [1.29, 1.82) is 5.26 Å². The maximum absolute atomic E-state index is 8.89. The molecule has 88 valence electrons. The highest BCUT2D eigenvalue weighted by Gasteiger charge is 2.11. The van der Waals surface area contributed by atoms with E-state index < -0.39 is 0 Å². The maximum Gasteiger partial charge on any atom is 0.162 e. The largest absolute Gasteiger partial charge is 0.374 e. The van der Waals surface area contributed by atoms with Crippen molar-refractivity contribution in [3.05, 3.63) is 26.8 Å². The molecule has 0 bridgehead atoms. The molecule has 1 N–H and O–H groups in total. The predicted octanol–water partition coefficient (Wildman–Crippen LogP) is 3.09. The Kier molecular flexibility index (Phi) is 3.94. The average Bonchev–Trinajstić information content (AvgIpc) is 2.86. The number of hydrogen-bond acceptors (Lipinski definition) is 6. The molecule has 0 spiro atoms. The van der Waals surface area contributed by atoms with Crippen LogP contribution >= 0.6 is 34.5 Å². The average molecular weight is 285 g/mol. The standard InChI is InChI=1S/C10H9ClN4S2/c1-6-5-14-8(16-6)2-3-13-10-7(4-12)9(11)15-17-10/h5,13H,2-3H2,1H3. The van der Waals surface area contributed by atoms with Crippen molar-refractivity contribution in [2.24, 2.45) is 0 Å². The molecule has 0 saturated carbocycles. The molecule has 4 nitrogen and oxygen atoms in total. The van der Waals surface area contributed by atoms with Crippen LogP contribution in [0.1, 0.15) is 15.4 Å². The topological polar surface area (TPSA) is 61.6 Å². The molecule has 0 unspecified atom stereocenters. The predicted molar refractivity (Wildman–Crippen MR) is 70.9 cm³/mol. The molecule has 17 heavy (non-hydrogen) atoms. The first-order valence-electron chi connectivity index (χ1n) is 4.91. The summed E-state index contributed by atoms with van der Waals surface area (Å²) in [5.74, 6) is 0. The van der Waals surface area contributed by atoms with Crippen LogP contribution in [0.4, 0.5) is 5.00 Å². The summed E-state index contributed by atoms with van der Waals surface area (Å²) in [6, 6.07) is 2.04. The Morgan fingerprint density at radius 1 is 1.59 bits per heavy atom. The summed E-state index contributed by atoms with van der Waals surface area (Å²) >= 11 is 8.66. The minimum atomic E-state index is 0.269. The number of anilines is 1. The lowest BCUT2D eigenvalue weighted by atomic mass is 10.3. The van der Waals surface area contributed by atoms with E-state index in [4.69, 9.17) is 16.9 Å². The van der Waals surface area contributed by atoms with E-state index in [9.17, 15) is 0 Å². The zero-order valence-corrected chi connectivity index (χ0v) is 11.4. The molecule has 0 aliphatic carbocycles.